The standard InChI is InChI=1S/C14H25O4Si/c1-9(2)17-14(18-10(3)4)12(7-6-8-19)11(5)13(15)16/h9-10,14H,6-8H2,1-5H3,(H,15,16). The van der Waals surface area contributed by atoms with Crippen LogP contribution < -0.4 is 0 Å². The van der Waals surface area contributed by atoms with Gasteiger partial charge in [0.15, 0.2) is 6.29 Å². The van der Waals surface area contributed by atoms with Gasteiger partial charge in [0.2, 0.25) is 0 Å². The number of ether oxygens (including phenoxy) is 2. The van der Waals surface area contributed by atoms with Gasteiger partial charge in [-0.25, -0.2) is 4.79 Å². The largest absolute Gasteiger partial charge is 0.478 e. The Hall–Kier alpha value is -0.653. The third-order valence-corrected chi connectivity index (χ3v) is 2.85. The summed E-state index contributed by atoms with van der Waals surface area (Å²) in [5.41, 5.74) is 1.03. The van der Waals surface area contributed by atoms with Crippen molar-refractivity contribution in [3.63, 3.8) is 0 Å². The monoisotopic (exact) mass is 285 g/mol. The summed E-state index contributed by atoms with van der Waals surface area (Å²) in [6.07, 6.45) is 0.851. The fourth-order valence-corrected chi connectivity index (χ4v) is 1.77. The van der Waals surface area contributed by atoms with Crippen LogP contribution in [0.5, 0.6) is 0 Å². The van der Waals surface area contributed by atoms with Crippen LogP contribution in [-0.2, 0) is 14.3 Å². The third kappa shape index (κ3) is 7.50. The summed E-state index contributed by atoms with van der Waals surface area (Å²) < 4.78 is 11.5. The minimum absolute atomic E-state index is 0.0242. The van der Waals surface area contributed by atoms with Crippen molar-refractivity contribution in [3.05, 3.63) is 11.1 Å². The van der Waals surface area contributed by atoms with Crippen molar-refractivity contribution in [1.82, 2.24) is 0 Å². The highest BCUT2D eigenvalue weighted by molar-refractivity contribution is 6.08. The van der Waals surface area contributed by atoms with Gasteiger partial charge in [0.05, 0.1) is 12.2 Å². The minimum atomic E-state index is -0.923. The molecule has 0 unspecified atom stereocenters. The number of rotatable bonds is 9. The van der Waals surface area contributed by atoms with E-state index in [9.17, 15) is 9.90 Å². The molecule has 0 spiro atoms. The van der Waals surface area contributed by atoms with Crippen LogP contribution in [0.25, 0.3) is 0 Å². The van der Waals surface area contributed by atoms with E-state index in [0.29, 0.717) is 17.6 Å². The molecule has 0 aromatic rings. The van der Waals surface area contributed by atoms with Gasteiger partial charge in [-0.2, -0.15) is 0 Å². The summed E-state index contributed by atoms with van der Waals surface area (Å²) in [4.78, 5) is 11.2. The Balaban J connectivity index is 5.22. The summed E-state index contributed by atoms with van der Waals surface area (Å²) in [6, 6.07) is 0.812. The number of carbonyl (C=O) groups is 1. The lowest BCUT2D eigenvalue weighted by molar-refractivity contribution is -0.161. The van der Waals surface area contributed by atoms with Crippen LogP contribution in [0.4, 0.5) is 0 Å². The fraction of sp³-hybridized carbons (Fsp3) is 0.786. The summed E-state index contributed by atoms with van der Waals surface area (Å²) in [6.45, 7) is 9.25. The number of carboxylic acid groups (broad SMARTS) is 1. The SMILES string of the molecule is CC(C(=O)O)=C(CCC[Si])C(OC(C)C)OC(C)C. The molecule has 0 rings (SSSR count). The molecule has 0 saturated carbocycles. The summed E-state index contributed by atoms with van der Waals surface area (Å²) in [5.74, 6) is -0.923. The Morgan fingerprint density at radius 1 is 1.16 bits per heavy atom. The molecule has 0 aliphatic rings. The Morgan fingerprint density at radius 2 is 1.63 bits per heavy atom. The molecular weight excluding hydrogens is 260 g/mol. The maximum absolute atomic E-state index is 11.2. The van der Waals surface area contributed by atoms with Gasteiger partial charge >= 0.3 is 5.97 Å². The van der Waals surface area contributed by atoms with Crippen molar-refractivity contribution >= 4 is 16.2 Å². The first-order valence-electron chi connectivity index (χ1n) is 6.68. The minimum Gasteiger partial charge on any atom is -0.478 e. The van der Waals surface area contributed by atoms with Crippen LogP contribution in [0.15, 0.2) is 11.1 Å². The second-order valence-electron chi connectivity index (χ2n) is 5.01. The molecule has 109 valence electrons. The molecule has 19 heavy (non-hydrogen) atoms. The van der Waals surface area contributed by atoms with E-state index in [0.717, 1.165) is 12.5 Å². The van der Waals surface area contributed by atoms with E-state index >= 15 is 0 Å². The Morgan fingerprint density at radius 3 is 1.95 bits per heavy atom. The van der Waals surface area contributed by atoms with Gasteiger partial charge in [-0.3, -0.25) is 0 Å². The molecule has 0 aromatic heterocycles. The van der Waals surface area contributed by atoms with Crippen molar-refractivity contribution in [2.75, 3.05) is 0 Å². The number of hydrogen-bond acceptors (Lipinski definition) is 3. The maximum Gasteiger partial charge on any atom is 0.331 e. The maximum atomic E-state index is 11.2. The van der Waals surface area contributed by atoms with Gasteiger partial charge in [0.1, 0.15) is 0 Å². The molecule has 0 bridgehead atoms. The smallest absolute Gasteiger partial charge is 0.331 e. The average molecular weight is 285 g/mol. The van der Waals surface area contributed by atoms with Gasteiger partial charge in [-0.05, 0) is 46.6 Å². The molecular formula is C14H25O4Si. The number of hydrogen-bond donors (Lipinski definition) is 1. The van der Waals surface area contributed by atoms with Gasteiger partial charge in [-0.15, -0.1) is 0 Å². The van der Waals surface area contributed by atoms with Crippen LogP contribution in [0.1, 0.15) is 47.5 Å². The highest BCUT2D eigenvalue weighted by Gasteiger charge is 2.23. The highest BCUT2D eigenvalue weighted by Crippen LogP contribution is 2.23. The zero-order valence-electron chi connectivity index (χ0n) is 12.5. The van der Waals surface area contributed by atoms with Crippen LogP contribution in [0.3, 0.4) is 0 Å². The van der Waals surface area contributed by atoms with E-state index in [4.69, 9.17) is 9.47 Å². The van der Waals surface area contributed by atoms with Crippen molar-refractivity contribution in [1.29, 1.82) is 0 Å². The predicted octanol–water partition coefficient (Wildman–Crippen LogP) is 2.93. The van der Waals surface area contributed by atoms with Gasteiger partial charge < -0.3 is 14.6 Å². The molecule has 0 saturated heterocycles. The van der Waals surface area contributed by atoms with Crippen molar-refractivity contribution < 1.29 is 19.4 Å². The van der Waals surface area contributed by atoms with Crippen molar-refractivity contribution in [3.8, 4) is 0 Å². The average Bonchev–Trinajstić information content (AvgIpc) is 2.27. The van der Waals surface area contributed by atoms with Crippen LogP contribution in [0, 0.1) is 0 Å². The molecule has 4 nitrogen and oxygen atoms in total. The summed E-state index contributed by atoms with van der Waals surface area (Å²) >= 11 is 0. The van der Waals surface area contributed by atoms with Crippen LogP contribution in [-0.4, -0.2) is 39.8 Å². The second kappa shape index (κ2) is 9.28. The molecule has 5 heteroatoms. The zero-order valence-corrected chi connectivity index (χ0v) is 13.5. The molecule has 1 N–H and O–H groups in total. The highest BCUT2D eigenvalue weighted by atomic mass is 28.1. The Labute approximate surface area is 119 Å². The van der Waals surface area contributed by atoms with Crippen LogP contribution in [0.2, 0.25) is 6.04 Å². The molecule has 0 aliphatic carbocycles. The quantitative estimate of drug-likeness (QED) is 0.402. The first kappa shape index (κ1) is 18.3. The number of carboxylic acids is 1. The van der Waals surface area contributed by atoms with E-state index in [1.54, 1.807) is 6.92 Å². The molecule has 3 radical (unpaired) electrons. The first-order chi connectivity index (χ1) is 8.79. The van der Waals surface area contributed by atoms with E-state index in [2.05, 4.69) is 10.2 Å². The van der Waals surface area contributed by atoms with Crippen molar-refractivity contribution in [2.45, 2.75) is 72.0 Å². The predicted molar refractivity (Wildman–Crippen MR) is 76.4 cm³/mol. The third-order valence-electron chi connectivity index (χ3n) is 2.50. The van der Waals surface area contributed by atoms with Crippen LogP contribution >= 0.6 is 0 Å². The molecule has 0 fully saturated rings. The lowest BCUT2D eigenvalue weighted by Crippen LogP contribution is -2.28. The normalized spacial score (nSPS) is 13.3. The lowest BCUT2D eigenvalue weighted by Gasteiger charge is -2.26. The van der Waals surface area contributed by atoms with E-state index in [-0.39, 0.29) is 12.2 Å². The topological polar surface area (TPSA) is 55.8 Å². The molecule has 0 amide bonds. The van der Waals surface area contributed by atoms with E-state index < -0.39 is 12.3 Å². The number of aliphatic carboxylic acids is 1. The Kier molecular flexibility index (Phi) is 8.96. The molecule has 0 atom stereocenters. The molecule has 0 aliphatic heterocycles. The first-order valence-corrected chi connectivity index (χ1v) is 7.38. The van der Waals surface area contributed by atoms with E-state index in [1.807, 2.05) is 27.7 Å². The molecule has 0 aromatic carbocycles. The van der Waals surface area contributed by atoms with Gasteiger partial charge in [0, 0.05) is 15.8 Å². The van der Waals surface area contributed by atoms with E-state index in [1.165, 1.54) is 0 Å². The second-order valence-corrected chi connectivity index (χ2v) is 5.51. The lowest BCUT2D eigenvalue weighted by atomic mass is 10.0. The summed E-state index contributed by atoms with van der Waals surface area (Å²) in [5, 5.41) is 9.19. The van der Waals surface area contributed by atoms with Crippen molar-refractivity contribution in [2.24, 2.45) is 0 Å². The zero-order chi connectivity index (χ0) is 15.0. The Bertz CT molecular complexity index is 301. The van der Waals surface area contributed by atoms with Gasteiger partial charge in [0.25, 0.3) is 0 Å². The van der Waals surface area contributed by atoms with Gasteiger partial charge in [-0.1, -0.05) is 12.5 Å². The summed E-state index contributed by atoms with van der Waals surface area (Å²) in [7, 11) is 3.41. The molecule has 0 heterocycles. The fourth-order valence-electron chi connectivity index (χ4n) is 1.59.